The SMILES string of the molecule is O=C(Nc1ccn(Cc2c(F)cccc2Cl)n1)c1ccc(COc2ccc(F)cc2)cc1. The van der Waals surface area contributed by atoms with Gasteiger partial charge in [-0.3, -0.25) is 9.48 Å². The highest BCUT2D eigenvalue weighted by Gasteiger charge is 2.11. The molecule has 5 nitrogen and oxygen atoms in total. The van der Waals surface area contributed by atoms with E-state index >= 15 is 0 Å². The predicted octanol–water partition coefficient (Wildman–Crippen LogP) is 5.69. The first kappa shape index (κ1) is 21.5. The number of aromatic nitrogens is 2. The lowest BCUT2D eigenvalue weighted by Gasteiger charge is -2.08. The summed E-state index contributed by atoms with van der Waals surface area (Å²) in [6.07, 6.45) is 1.63. The average molecular weight is 454 g/mol. The normalized spacial score (nSPS) is 10.7. The van der Waals surface area contributed by atoms with E-state index in [1.807, 2.05) is 0 Å². The molecule has 0 unspecified atom stereocenters. The fraction of sp³-hybridized carbons (Fsp3) is 0.0833. The van der Waals surface area contributed by atoms with Crippen LogP contribution in [-0.4, -0.2) is 15.7 Å². The molecule has 0 saturated carbocycles. The van der Waals surface area contributed by atoms with Gasteiger partial charge in [-0.15, -0.1) is 0 Å². The summed E-state index contributed by atoms with van der Waals surface area (Å²) in [6.45, 7) is 0.431. The fourth-order valence-corrected chi connectivity index (χ4v) is 3.22. The van der Waals surface area contributed by atoms with Gasteiger partial charge in [0.2, 0.25) is 0 Å². The molecule has 0 spiro atoms. The number of carbonyl (C=O) groups is 1. The number of halogens is 3. The lowest BCUT2D eigenvalue weighted by Crippen LogP contribution is -2.13. The molecule has 0 aliphatic heterocycles. The van der Waals surface area contributed by atoms with Crippen molar-refractivity contribution in [2.75, 3.05) is 5.32 Å². The molecule has 8 heteroatoms. The Morgan fingerprint density at radius 2 is 1.75 bits per heavy atom. The van der Waals surface area contributed by atoms with Gasteiger partial charge in [0.1, 0.15) is 24.0 Å². The number of rotatable bonds is 7. The Labute approximate surface area is 188 Å². The predicted molar refractivity (Wildman–Crippen MR) is 118 cm³/mol. The third-order valence-corrected chi connectivity index (χ3v) is 5.05. The van der Waals surface area contributed by atoms with E-state index in [-0.39, 0.29) is 24.9 Å². The van der Waals surface area contributed by atoms with Gasteiger partial charge in [-0.05, 0) is 54.1 Å². The van der Waals surface area contributed by atoms with Gasteiger partial charge in [0.05, 0.1) is 6.54 Å². The van der Waals surface area contributed by atoms with Crippen LogP contribution >= 0.6 is 11.6 Å². The van der Waals surface area contributed by atoms with Gasteiger partial charge in [-0.25, -0.2) is 8.78 Å². The zero-order chi connectivity index (χ0) is 22.5. The number of hydrogen-bond donors (Lipinski definition) is 1. The molecule has 32 heavy (non-hydrogen) atoms. The molecule has 0 aliphatic carbocycles. The van der Waals surface area contributed by atoms with Gasteiger partial charge in [-0.1, -0.05) is 29.8 Å². The maximum absolute atomic E-state index is 14.0. The van der Waals surface area contributed by atoms with Crippen LogP contribution in [0.15, 0.2) is 79.0 Å². The van der Waals surface area contributed by atoms with Gasteiger partial charge in [0.25, 0.3) is 5.91 Å². The minimum atomic E-state index is -0.415. The fourth-order valence-electron chi connectivity index (χ4n) is 3.00. The smallest absolute Gasteiger partial charge is 0.256 e. The average Bonchev–Trinajstić information content (AvgIpc) is 3.23. The Kier molecular flexibility index (Phi) is 6.47. The summed E-state index contributed by atoms with van der Waals surface area (Å²) in [5, 5.41) is 7.28. The highest BCUT2D eigenvalue weighted by Crippen LogP contribution is 2.20. The summed E-state index contributed by atoms with van der Waals surface area (Å²) in [4.78, 5) is 12.5. The zero-order valence-corrected chi connectivity index (χ0v) is 17.5. The van der Waals surface area contributed by atoms with Crippen LogP contribution in [0.2, 0.25) is 5.02 Å². The largest absolute Gasteiger partial charge is 0.489 e. The molecule has 0 radical (unpaired) electrons. The number of nitrogens with zero attached hydrogens (tertiary/aromatic N) is 2. The van der Waals surface area contributed by atoms with Crippen LogP contribution in [0.4, 0.5) is 14.6 Å². The topological polar surface area (TPSA) is 56.2 Å². The summed E-state index contributed by atoms with van der Waals surface area (Å²) >= 11 is 6.05. The third-order valence-electron chi connectivity index (χ3n) is 4.70. The Morgan fingerprint density at radius 3 is 2.47 bits per heavy atom. The number of benzene rings is 3. The lowest BCUT2D eigenvalue weighted by molar-refractivity contribution is 0.102. The third kappa shape index (κ3) is 5.31. The maximum Gasteiger partial charge on any atom is 0.256 e. The zero-order valence-electron chi connectivity index (χ0n) is 16.8. The molecule has 0 saturated heterocycles. The molecular weight excluding hydrogens is 436 g/mol. The molecule has 1 amide bonds. The van der Waals surface area contributed by atoms with Crippen LogP contribution in [0, 0.1) is 11.6 Å². The van der Waals surface area contributed by atoms with E-state index in [0.717, 1.165) is 5.56 Å². The van der Waals surface area contributed by atoms with Gasteiger partial charge < -0.3 is 10.1 Å². The number of hydrogen-bond acceptors (Lipinski definition) is 3. The molecule has 1 heterocycles. The van der Waals surface area contributed by atoms with Crippen molar-refractivity contribution in [2.24, 2.45) is 0 Å². The molecule has 4 aromatic rings. The molecule has 1 aromatic heterocycles. The first-order chi connectivity index (χ1) is 15.5. The van der Waals surface area contributed by atoms with Crippen LogP contribution in [-0.2, 0) is 13.2 Å². The summed E-state index contributed by atoms with van der Waals surface area (Å²) in [7, 11) is 0. The Bertz CT molecular complexity index is 1200. The second-order valence-electron chi connectivity index (χ2n) is 6.99. The Balaban J connectivity index is 1.34. The van der Waals surface area contributed by atoms with E-state index in [9.17, 15) is 13.6 Å². The van der Waals surface area contributed by atoms with Crippen molar-refractivity contribution in [2.45, 2.75) is 13.2 Å². The molecular formula is C24H18ClF2N3O2. The molecule has 0 aliphatic rings. The molecule has 0 fully saturated rings. The Hall–Kier alpha value is -3.71. The maximum atomic E-state index is 14.0. The first-order valence-corrected chi connectivity index (χ1v) is 10.1. The van der Waals surface area contributed by atoms with Crippen molar-refractivity contribution in [3.63, 3.8) is 0 Å². The highest BCUT2D eigenvalue weighted by atomic mass is 35.5. The van der Waals surface area contributed by atoms with Gasteiger partial charge >= 0.3 is 0 Å². The van der Waals surface area contributed by atoms with E-state index < -0.39 is 5.82 Å². The summed E-state index contributed by atoms with van der Waals surface area (Å²) in [5.74, 6) is -0.174. The lowest BCUT2D eigenvalue weighted by atomic mass is 10.1. The molecule has 162 valence electrons. The molecule has 4 rings (SSSR count). The quantitative estimate of drug-likeness (QED) is 0.391. The van der Waals surface area contributed by atoms with Crippen molar-refractivity contribution in [3.8, 4) is 5.75 Å². The summed E-state index contributed by atoms with van der Waals surface area (Å²) < 4.78 is 34.0. The van der Waals surface area contributed by atoms with Crippen LogP contribution in [0.1, 0.15) is 21.5 Å². The van der Waals surface area contributed by atoms with Crippen LogP contribution in [0.3, 0.4) is 0 Å². The van der Waals surface area contributed by atoms with Crippen LogP contribution in [0.5, 0.6) is 5.75 Å². The van der Waals surface area contributed by atoms with Crippen LogP contribution < -0.4 is 10.1 Å². The standard InChI is InChI=1S/C24H18ClF2N3O2/c25-21-2-1-3-22(27)20(21)14-30-13-12-23(29-30)28-24(31)17-6-4-16(5-7-17)15-32-19-10-8-18(26)9-11-19/h1-13H,14-15H2,(H,28,29,31). The van der Waals surface area contributed by atoms with Crippen LogP contribution in [0.25, 0.3) is 0 Å². The summed E-state index contributed by atoms with van der Waals surface area (Å²) in [5.41, 5.74) is 1.63. The van der Waals surface area contributed by atoms with Crippen molar-refractivity contribution < 1.29 is 18.3 Å². The number of anilines is 1. The van der Waals surface area contributed by atoms with E-state index in [2.05, 4.69) is 10.4 Å². The van der Waals surface area contributed by atoms with Crippen molar-refractivity contribution in [1.29, 1.82) is 0 Å². The summed E-state index contributed by atoms with van der Waals surface area (Å²) in [6, 6.07) is 18.8. The van der Waals surface area contributed by atoms with Gasteiger partial charge in [0.15, 0.2) is 5.82 Å². The Morgan fingerprint density at radius 1 is 1.00 bits per heavy atom. The number of carbonyl (C=O) groups excluding carboxylic acids is 1. The van der Waals surface area contributed by atoms with Crippen molar-refractivity contribution >= 4 is 23.3 Å². The van der Waals surface area contributed by atoms with E-state index in [1.54, 1.807) is 54.7 Å². The monoisotopic (exact) mass is 453 g/mol. The molecule has 1 N–H and O–H groups in total. The second kappa shape index (κ2) is 9.62. The van der Waals surface area contributed by atoms with E-state index in [1.165, 1.54) is 28.9 Å². The highest BCUT2D eigenvalue weighted by molar-refractivity contribution is 6.31. The minimum absolute atomic E-state index is 0.143. The molecule has 0 bridgehead atoms. The number of amides is 1. The van der Waals surface area contributed by atoms with Crippen molar-refractivity contribution in [3.05, 3.63) is 112 Å². The van der Waals surface area contributed by atoms with Gasteiger partial charge in [0, 0.05) is 28.4 Å². The second-order valence-corrected chi connectivity index (χ2v) is 7.40. The molecule has 0 atom stereocenters. The van der Waals surface area contributed by atoms with E-state index in [4.69, 9.17) is 16.3 Å². The first-order valence-electron chi connectivity index (χ1n) is 9.73. The number of nitrogens with one attached hydrogen (secondary N) is 1. The van der Waals surface area contributed by atoms with Crippen molar-refractivity contribution in [1.82, 2.24) is 9.78 Å². The van der Waals surface area contributed by atoms with Gasteiger partial charge in [-0.2, -0.15) is 5.10 Å². The van der Waals surface area contributed by atoms with E-state index in [0.29, 0.717) is 27.7 Å². The minimum Gasteiger partial charge on any atom is -0.489 e. The number of ether oxygens (including phenoxy) is 1. The molecule has 3 aromatic carbocycles.